The molecule has 0 saturated carbocycles. The van der Waals surface area contributed by atoms with E-state index in [-0.39, 0.29) is 17.6 Å². The topological polar surface area (TPSA) is 56.6 Å². The van der Waals surface area contributed by atoms with Crippen LogP contribution in [0.25, 0.3) is 5.69 Å². The molecule has 30 heavy (non-hydrogen) atoms. The average molecular weight is 411 g/mol. The summed E-state index contributed by atoms with van der Waals surface area (Å²) in [4.78, 5) is 14.7. The molecule has 1 heterocycles. The Bertz CT molecular complexity index is 999. The number of benzene rings is 2. The van der Waals surface area contributed by atoms with Crippen LogP contribution in [-0.4, -0.2) is 47.9 Å². The lowest BCUT2D eigenvalue weighted by Gasteiger charge is -2.19. The molecule has 7 heteroatoms. The van der Waals surface area contributed by atoms with E-state index in [9.17, 15) is 9.18 Å². The first-order valence-electron chi connectivity index (χ1n) is 9.77. The van der Waals surface area contributed by atoms with Gasteiger partial charge in [0.1, 0.15) is 12.4 Å². The molecule has 0 radical (unpaired) electrons. The van der Waals surface area contributed by atoms with E-state index in [1.165, 1.54) is 12.1 Å². The van der Waals surface area contributed by atoms with Gasteiger partial charge < -0.3 is 14.4 Å². The van der Waals surface area contributed by atoms with Crippen LogP contribution in [0, 0.1) is 5.82 Å². The molecule has 2 aromatic carbocycles. The molecule has 1 aromatic heterocycles. The van der Waals surface area contributed by atoms with Gasteiger partial charge in [-0.05, 0) is 42.3 Å². The van der Waals surface area contributed by atoms with Crippen LogP contribution in [0.15, 0.2) is 54.7 Å². The van der Waals surface area contributed by atoms with Gasteiger partial charge >= 0.3 is 0 Å². The zero-order chi connectivity index (χ0) is 21.7. The molecule has 0 saturated heterocycles. The highest BCUT2D eigenvalue weighted by atomic mass is 19.1. The Hall–Kier alpha value is -3.35. The number of likely N-dealkylation sites (N-methyl/N-ethyl adjacent to an activating group) is 1. The predicted molar refractivity (Wildman–Crippen MR) is 113 cm³/mol. The summed E-state index contributed by atoms with van der Waals surface area (Å²) in [7, 11) is 3.32. The summed E-state index contributed by atoms with van der Waals surface area (Å²) < 4.78 is 26.0. The molecule has 1 amide bonds. The molecule has 0 aliphatic rings. The van der Waals surface area contributed by atoms with Crippen LogP contribution in [0.3, 0.4) is 0 Å². The predicted octanol–water partition coefficient (Wildman–Crippen LogP) is 4.29. The minimum atomic E-state index is -0.317. The van der Waals surface area contributed by atoms with Crippen molar-refractivity contribution in [2.75, 3.05) is 27.3 Å². The lowest BCUT2D eigenvalue weighted by molar-refractivity contribution is 0.0771. The first-order valence-corrected chi connectivity index (χ1v) is 9.77. The summed E-state index contributed by atoms with van der Waals surface area (Å²) in [5.41, 5.74) is 2.01. The van der Waals surface area contributed by atoms with Gasteiger partial charge in [-0.1, -0.05) is 26.0 Å². The second kappa shape index (κ2) is 9.43. The van der Waals surface area contributed by atoms with E-state index in [4.69, 9.17) is 9.47 Å². The number of aromatic nitrogens is 2. The highest BCUT2D eigenvalue weighted by Gasteiger charge is 2.23. The maximum atomic E-state index is 13.3. The fraction of sp³-hybridized carbons (Fsp3) is 0.304. The van der Waals surface area contributed by atoms with Crippen molar-refractivity contribution in [1.82, 2.24) is 14.7 Å². The fourth-order valence-corrected chi connectivity index (χ4v) is 3.20. The third kappa shape index (κ3) is 4.62. The van der Waals surface area contributed by atoms with Gasteiger partial charge in [-0.3, -0.25) is 4.79 Å². The quantitative estimate of drug-likeness (QED) is 0.555. The number of para-hydroxylation sites is 2. The number of halogens is 1. The van der Waals surface area contributed by atoms with Crippen LogP contribution in [0.1, 0.15) is 35.8 Å². The average Bonchev–Trinajstić information content (AvgIpc) is 3.19. The van der Waals surface area contributed by atoms with E-state index < -0.39 is 0 Å². The van der Waals surface area contributed by atoms with Gasteiger partial charge in [0.25, 0.3) is 5.91 Å². The molecular formula is C23H26FN3O3. The van der Waals surface area contributed by atoms with E-state index in [0.29, 0.717) is 35.9 Å². The van der Waals surface area contributed by atoms with E-state index in [1.54, 1.807) is 42.1 Å². The fourth-order valence-electron chi connectivity index (χ4n) is 3.20. The number of nitrogens with zero attached hydrogens (tertiary/aromatic N) is 3. The first kappa shape index (κ1) is 21.4. The third-order valence-electron chi connectivity index (χ3n) is 4.75. The van der Waals surface area contributed by atoms with E-state index in [0.717, 1.165) is 5.69 Å². The summed E-state index contributed by atoms with van der Waals surface area (Å²) in [5, 5.41) is 4.39. The number of carbonyl (C=O) groups excluding carboxylic acids is 1. The highest BCUT2D eigenvalue weighted by Crippen LogP contribution is 2.26. The Kier molecular flexibility index (Phi) is 6.72. The van der Waals surface area contributed by atoms with Crippen molar-refractivity contribution in [3.63, 3.8) is 0 Å². The number of ether oxygens (including phenoxy) is 2. The molecule has 0 atom stereocenters. The molecule has 6 nitrogen and oxygen atoms in total. The molecular weight excluding hydrogens is 385 g/mol. The molecule has 0 unspecified atom stereocenters. The molecule has 0 aliphatic heterocycles. The number of carbonyl (C=O) groups is 1. The molecule has 3 aromatic rings. The number of hydrogen-bond donors (Lipinski definition) is 0. The van der Waals surface area contributed by atoms with Crippen LogP contribution >= 0.6 is 0 Å². The summed E-state index contributed by atoms with van der Waals surface area (Å²) >= 11 is 0. The third-order valence-corrected chi connectivity index (χ3v) is 4.75. The van der Waals surface area contributed by atoms with Crippen LogP contribution in [0.2, 0.25) is 0 Å². The van der Waals surface area contributed by atoms with Gasteiger partial charge in [0.15, 0.2) is 11.5 Å². The Morgan fingerprint density at radius 3 is 2.43 bits per heavy atom. The van der Waals surface area contributed by atoms with Crippen molar-refractivity contribution in [2.24, 2.45) is 0 Å². The Balaban J connectivity index is 1.73. The lowest BCUT2D eigenvalue weighted by atomic mass is 10.0. The standard InChI is InChI=1S/C23H26FN3O3/c1-16(2)22-19(15-25-27(22)18-11-9-17(24)10-12-18)23(28)26(3)13-14-30-21-8-6-5-7-20(21)29-4/h5-12,15-16H,13-14H2,1-4H3. The van der Waals surface area contributed by atoms with Gasteiger partial charge in [-0.2, -0.15) is 5.10 Å². The van der Waals surface area contributed by atoms with Crippen LogP contribution < -0.4 is 9.47 Å². The van der Waals surface area contributed by atoms with Crippen molar-refractivity contribution < 1.29 is 18.7 Å². The van der Waals surface area contributed by atoms with Crippen molar-refractivity contribution in [2.45, 2.75) is 19.8 Å². The number of methoxy groups -OCH3 is 1. The van der Waals surface area contributed by atoms with Crippen molar-refractivity contribution in [3.8, 4) is 17.2 Å². The smallest absolute Gasteiger partial charge is 0.257 e. The van der Waals surface area contributed by atoms with Gasteiger partial charge in [-0.15, -0.1) is 0 Å². The summed E-state index contributed by atoms with van der Waals surface area (Å²) in [6.07, 6.45) is 1.57. The van der Waals surface area contributed by atoms with E-state index >= 15 is 0 Å². The van der Waals surface area contributed by atoms with E-state index in [1.807, 2.05) is 38.1 Å². The van der Waals surface area contributed by atoms with Gasteiger partial charge in [0.2, 0.25) is 0 Å². The number of rotatable bonds is 8. The van der Waals surface area contributed by atoms with Crippen LogP contribution in [0.5, 0.6) is 11.5 Å². The maximum absolute atomic E-state index is 13.3. The second-order valence-corrected chi connectivity index (χ2v) is 7.21. The summed E-state index contributed by atoms with van der Waals surface area (Å²) in [6, 6.07) is 13.4. The van der Waals surface area contributed by atoms with Crippen molar-refractivity contribution in [3.05, 3.63) is 71.8 Å². The summed E-state index contributed by atoms with van der Waals surface area (Å²) in [6.45, 7) is 4.72. The Morgan fingerprint density at radius 2 is 1.80 bits per heavy atom. The molecule has 0 N–H and O–H groups in total. The zero-order valence-electron chi connectivity index (χ0n) is 17.6. The van der Waals surface area contributed by atoms with Gasteiger partial charge in [-0.25, -0.2) is 9.07 Å². The lowest BCUT2D eigenvalue weighted by Crippen LogP contribution is -2.31. The number of amides is 1. The molecule has 0 aliphatic carbocycles. The highest BCUT2D eigenvalue weighted by molar-refractivity contribution is 5.95. The summed E-state index contributed by atoms with van der Waals surface area (Å²) in [5.74, 6) is 0.871. The molecule has 0 spiro atoms. The minimum Gasteiger partial charge on any atom is -0.493 e. The SMILES string of the molecule is COc1ccccc1OCCN(C)C(=O)c1cnn(-c2ccc(F)cc2)c1C(C)C. The molecule has 3 rings (SSSR count). The zero-order valence-corrected chi connectivity index (χ0v) is 17.6. The van der Waals surface area contributed by atoms with Crippen molar-refractivity contribution in [1.29, 1.82) is 0 Å². The molecule has 158 valence electrons. The van der Waals surface area contributed by atoms with Crippen LogP contribution in [-0.2, 0) is 0 Å². The first-order chi connectivity index (χ1) is 14.4. The van der Waals surface area contributed by atoms with Gasteiger partial charge in [0, 0.05) is 7.05 Å². The maximum Gasteiger partial charge on any atom is 0.257 e. The normalized spacial score (nSPS) is 10.9. The second-order valence-electron chi connectivity index (χ2n) is 7.21. The number of hydrogen-bond acceptors (Lipinski definition) is 4. The monoisotopic (exact) mass is 411 g/mol. The van der Waals surface area contributed by atoms with Gasteiger partial charge in [0.05, 0.1) is 36.8 Å². The molecule has 0 fully saturated rings. The Morgan fingerprint density at radius 1 is 1.13 bits per heavy atom. The molecule has 0 bridgehead atoms. The largest absolute Gasteiger partial charge is 0.493 e. The Labute approximate surface area is 175 Å². The minimum absolute atomic E-state index is 0.0507. The van der Waals surface area contributed by atoms with E-state index in [2.05, 4.69) is 5.10 Å². The van der Waals surface area contributed by atoms with Crippen molar-refractivity contribution >= 4 is 5.91 Å². The van der Waals surface area contributed by atoms with Crippen LogP contribution in [0.4, 0.5) is 4.39 Å².